The van der Waals surface area contributed by atoms with Crippen LogP contribution >= 0.6 is 0 Å². The van der Waals surface area contributed by atoms with Crippen LogP contribution in [-0.4, -0.2) is 15.7 Å². The molecule has 3 aromatic rings. The smallest absolute Gasteiger partial charge is 0.278 e. The van der Waals surface area contributed by atoms with Gasteiger partial charge in [0.15, 0.2) is 0 Å². The van der Waals surface area contributed by atoms with Gasteiger partial charge >= 0.3 is 0 Å². The van der Waals surface area contributed by atoms with Gasteiger partial charge in [-0.25, -0.2) is 0 Å². The van der Waals surface area contributed by atoms with Gasteiger partial charge in [0.25, 0.3) is 5.84 Å². The third kappa shape index (κ3) is 3.29. The van der Waals surface area contributed by atoms with Crippen molar-refractivity contribution in [2.45, 2.75) is 13.8 Å². The van der Waals surface area contributed by atoms with E-state index >= 15 is 0 Å². The number of hydrogen-bond acceptors (Lipinski definition) is 4. The lowest BCUT2D eigenvalue weighted by Gasteiger charge is -2.22. The summed E-state index contributed by atoms with van der Waals surface area (Å²) in [6.45, 7) is 4.05. The maximum atomic E-state index is 4.76. The summed E-state index contributed by atoms with van der Waals surface area (Å²) in [6.07, 6.45) is 1.98. The predicted octanol–water partition coefficient (Wildman–Crippen LogP) is -1.28. The summed E-state index contributed by atoms with van der Waals surface area (Å²) in [4.78, 5) is 1.77. The van der Waals surface area contributed by atoms with Crippen LogP contribution in [0.5, 0.6) is 0 Å². The van der Waals surface area contributed by atoms with Crippen molar-refractivity contribution < 1.29 is 22.4 Å². The summed E-state index contributed by atoms with van der Waals surface area (Å²) in [5.74, 6) is 0.894. The average Bonchev–Trinajstić information content (AvgIpc) is 3.21. The van der Waals surface area contributed by atoms with E-state index in [-0.39, 0.29) is 17.0 Å². The number of anilines is 1. The molecule has 0 unspecified atom stereocenters. The topological polar surface area (TPSA) is 53.3 Å². The highest BCUT2D eigenvalue weighted by Crippen LogP contribution is 2.15. The van der Waals surface area contributed by atoms with E-state index in [9.17, 15) is 0 Å². The normalized spacial score (nSPS) is 13.6. The van der Waals surface area contributed by atoms with E-state index < -0.39 is 0 Å². The maximum absolute atomic E-state index is 4.76. The second-order valence-electron chi connectivity index (χ2n) is 5.75. The molecule has 0 fully saturated rings. The van der Waals surface area contributed by atoms with E-state index in [0.29, 0.717) is 0 Å². The molecule has 128 valence electrons. The van der Waals surface area contributed by atoms with Crippen LogP contribution < -0.4 is 32.8 Å². The Morgan fingerprint density at radius 2 is 1.52 bits per heavy atom. The van der Waals surface area contributed by atoms with Gasteiger partial charge in [0.1, 0.15) is 5.69 Å². The zero-order chi connectivity index (χ0) is 16.5. The number of para-hydroxylation sites is 1. The third-order valence-electron chi connectivity index (χ3n) is 4.04. The lowest BCUT2D eigenvalue weighted by atomic mass is 10.2. The minimum atomic E-state index is 0. The van der Waals surface area contributed by atoms with Crippen LogP contribution in [-0.2, 0) is 0 Å². The van der Waals surface area contributed by atoms with Crippen LogP contribution in [0.25, 0.3) is 0 Å². The number of hydrazone groups is 1. The summed E-state index contributed by atoms with van der Waals surface area (Å²) in [7, 11) is 0. The van der Waals surface area contributed by atoms with Crippen molar-refractivity contribution in [1.82, 2.24) is 9.89 Å². The predicted molar refractivity (Wildman–Crippen MR) is 93.7 cm³/mol. The van der Waals surface area contributed by atoms with Crippen LogP contribution in [0.3, 0.4) is 0 Å². The van der Waals surface area contributed by atoms with Gasteiger partial charge in [0, 0.05) is 0 Å². The fraction of sp³-hybridized carbons (Fsp3) is 0.111. The highest BCUT2D eigenvalue weighted by atomic mass is 79.9. The van der Waals surface area contributed by atoms with Gasteiger partial charge in [-0.05, 0) is 48.9 Å². The molecule has 0 amide bonds. The molecule has 2 N–H and O–H groups in total. The molecule has 7 heteroatoms. The number of hydrogen-bond donors (Lipinski definition) is 1. The highest BCUT2D eigenvalue weighted by Gasteiger charge is 2.32. The van der Waals surface area contributed by atoms with Gasteiger partial charge in [-0.2, -0.15) is 10.5 Å². The molecule has 1 aromatic heterocycles. The molecule has 4 rings (SSSR count). The van der Waals surface area contributed by atoms with Crippen LogP contribution in [0.15, 0.2) is 72.0 Å². The molecule has 6 nitrogen and oxygen atoms in total. The lowest BCUT2D eigenvalue weighted by molar-refractivity contribution is -0.547. The van der Waals surface area contributed by atoms with Crippen LogP contribution in [0.1, 0.15) is 16.8 Å². The Hall–Kier alpha value is -2.64. The number of nitrogens with two attached hydrogens (primary N) is 1. The Balaban J connectivity index is 0.00000182. The van der Waals surface area contributed by atoms with Crippen LogP contribution in [0.4, 0.5) is 5.69 Å². The first-order chi connectivity index (χ1) is 11.7. The number of nitrogens with zero attached hydrogens (tertiary/aromatic N) is 5. The van der Waals surface area contributed by atoms with Crippen molar-refractivity contribution in [2.24, 2.45) is 5.10 Å². The molecule has 0 saturated heterocycles. The zero-order valence-electron chi connectivity index (χ0n) is 14.0. The summed E-state index contributed by atoms with van der Waals surface area (Å²) in [5.41, 5.74) is 6.24. The maximum Gasteiger partial charge on any atom is 0.278 e. The number of aromatic nitrogens is 2. The Bertz CT molecular complexity index is 856. The van der Waals surface area contributed by atoms with Gasteiger partial charge in [-0.15, -0.1) is 4.79 Å². The largest absolute Gasteiger partial charge is 1.00 e. The Morgan fingerprint density at radius 1 is 0.880 bits per heavy atom. The number of halogens is 1. The van der Waals surface area contributed by atoms with E-state index in [2.05, 4.69) is 29.4 Å². The van der Waals surface area contributed by atoms with Crippen molar-refractivity contribution in [3.05, 3.63) is 83.7 Å². The van der Waals surface area contributed by atoms with Crippen molar-refractivity contribution in [3.63, 3.8) is 0 Å². The number of hydrazine groups is 1. The summed E-state index contributed by atoms with van der Waals surface area (Å²) >= 11 is 0. The highest BCUT2D eigenvalue weighted by molar-refractivity contribution is 5.93. The summed E-state index contributed by atoms with van der Waals surface area (Å²) in [6, 6.07) is 20.3. The van der Waals surface area contributed by atoms with Gasteiger partial charge in [-0.1, -0.05) is 46.6 Å². The molecule has 1 aliphatic heterocycles. The van der Waals surface area contributed by atoms with Gasteiger partial charge in [-0.3, -0.25) is 0 Å². The zero-order valence-corrected chi connectivity index (χ0v) is 15.6. The number of aryl methyl sites for hydroxylation is 2. The molecule has 0 bridgehead atoms. The van der Waals surface area contributed by atoms with E-state index in [1.165, 1.54) is 0 Å². The van der Waals surface area contributed by atoms with E-state index in [1.807, 2.05) is 67.0 Å². The Morgan fingerprint density at radius 3 is 2.12 bits per heavy atom. The molecule has 2 aromatic carbocycles. The second kappa shape index (κ2) is 7.08. The molecular weight excluding hydrogens is 380 g/mol. The molecule has 0 aliphatic carbocycles. The molecule has 0 saturated carbocycles. The van der Waals surface area contributed by atoms with Crippen molar-refractivity contribution in [1.29, 1.82) is 0 Å². The molecule has 0 atom stereocenters. The number of benzene rings is 2. The summed E-state index contributed by atoms with van der Waals surface area (Å²) < 4.78 is 0. The van der Waals surface area contributed by atoms with Gasteiger partial charge in [0.05, 0.1) is 17.5 Å². The minimum Gasteiger partial charge on any atom is -1.00 e. The van der Waals surface area contributed by atoms with Crippen molar-refractivity contribution in [2.75, 3.05) is 10.3 Å². The third-order valence-corrected chi connectivity index (χ3v) is 4.04. The molecule has 0 radical (unpaired) electrons. The molecule has 1 aliphatic rings. The molecule has 0 spiro atoms. The van der Waals surface area contributed by atoms with E-state index in [1.54, 1.807) is 10.0 Å². The van der Waals surface area contributed by atoms with Gasteiger partial charge in [0.2, 0.25) is 0 Å². The first-order valence-electron chi connectivity index (χ1n) is 7.89. The molecule has 2 heterocycles. The minimum absolute atomic E-state index is 0. The standard InChI is InChI=1S/C18H18N6.BrH/c1-14-13-22(19-15(14)2)24-21-18(16-9-5-3-6-10-16)20-23(24)17-11-7-4-8-12-17;/h3-13H,1-2H3,(H,20,21);1H. The van der Waals surface area contributed by atoms with Crippen molar-refractivity contribution in [3.8, 4) is 0 Å². The average molecular weight is 399 g/mol. The van der Waals surface area contributed by atoms with Crippen molar-refractivity contribution >= 4 is 11.5 Å². The monoisotopic (exact) mass is 398 g/mol. The number of rotatable bonds is 3. The number of amidine groups is 1. The molecule has 25 heavy (non-hydrogen) atoms. The SMILES string of the molecule is Cc1cn(N2N=C(c3ccccc3)[NH2+]N2c2ccccc2)nc1C.[Br-]. The van der Waals surface area contributed by atoms with Gasteiger partial charge < -0.3 is 17.0 Å². The summed E-state index contributed by atoms with van der Waals surface area (Å²) in [5, 5.41) is 13.1. The first kappa shape index (κ1) is 17.2. The second-order valence-corrected chi connectivity index (χ2v) is 5.75. The molecular formula is C18H19BrN6. The van der Waals surface area contributed by atoms with Crippen LogP contribution in [0.2, 0.25) is 0 Å². The Labute approximate surface area is 157 Å². The van der Waals surface area contributed by atoms with E-state index in [0.717, 1.165) is 28.3 Å². The van der Waals surface area contributed by atoms with E-state index in [4.69, 9.17) is 5.10 Å². The number of quaternary nitrogens is 1. The van der Waals surface area contributed by atoms with Crippen LogP contribution in [0, 0.1) is 13.8 Å². The quantitative estimate of drug-likeness (QED) is 0.559. The first-order valence-corrected chi connectivity index (χ1v) is 7.89. The lowest BCUT2D eigenvalue weighted by Crippen LogP contribution is -3.00. The Kier molecular flexibility index (Phi) is 4.87. The fourth-order valence-electron chi connectivity index (χ4n) is 2.60. The fourth-order valence-corrected chi connectivity index (χ4v) is 2.60.